The predicted molar refractivity (Wildman–Crippen MR) is 85.5 cm³/mol. The van der Waals surface area contributed by atoms with E-state index in [0.29, 0.717) is 6.04 Å². The zero-order valence-corrected chi connectivity index (χ0v) is 14.1. The first-order chi connectivity index (χ1) is 9.31. The first-order valence-electron chi connectivity index (χ1n) is 7.53. The molecule has 0 spiro atoms. The van der Waals surface area contributed by atoms with Crippen LogP contribution in [0, 0.1) is 19.3 Å². The number of methoxy groups -OCH3 is 1. The van der Waals surface area contributed by atoms with Gasteiger partial charge in [0.25, 0.3) is 0 Å². The van der Waals surface area contributed by atoms with Crippen molar-refractivity contribution in [1.29, 1.82) is 0 Å². The van der Waals surface area contributed by atoms with Crippen LogP contribution >= 0.6 is 0 Å². The molecular weight excluding hydrogens is 248 g/mol. The molecule has 1 atom stereocenters. The third kappa shape index (κ3) is 4.20. The molecule has 1 unspecified atom stereocenters. The Labute approximate surface area is 124 Å². The van der Waals surface area contributed by atoms with Crippen LogP contribution in [0.25, 0.3) is 0 Å². The molecule has 1 N–H and O–H groups in total. The van der Waals surface area contributed by atoms with Crippen molar-refractivity contribution in [3.63, 3.8) is 0 Å². The molecule has 1 rings (SSSR count). The Kier molecular flexibility index (Phi) is 6.00. The highest BCUT2D eigenvalue weighted by molar-refractivity contribution is 5.41. The van der Waals surface area contributed by atoms with Crippen LogP contribution in [0.5, 0.6) is 5.75 Å². The minimum absolute atomic E-state index is 0.263. The van der Waals surface area contributed by atoms with E-state index in [1.165, 1.54) is 5.56 Å². The van der Waals surface area contributed by atoms with E-state index >= 15 is 0 Å². The van der Waals surface area contributed by atoms with E-state index in [9.17, 15) is 0 Å². The van der Waals surface area contributed by atoms with Gasteiger partial charge in [-0.25, -0.2) is 0 Å². The SMILES string of the molecule is CCNC(CCc1ncc(C)c(OC)c1C)C(C)(C)C. The van der Waals surface area contributed by atoms with Crippen molar-refractivity contribution in [2.45, 2.75) is 60.4 Å². The summed E-state index contributed by atoms with van der Waals surface area (Å²) in [4.78, 5) is 4.59. The van der Waals surface area contributed by atoms with Crippen LogP contribution in [0.3, 0.4) is 0 Å². The molecular formula is C17H30N2O. The molecule has 0 radical (unpaired) electrons. The van der Waals surface area contributed by atoms with Gasteiger partial charge in [0.05, 0.1) is 7.11 Å². The lowest BCUT2D eigenvalue weighted by molar-refractivity contribution is 0.258. The monoisotopic (exact) mass is 278 g/mol. The van der Waals surface area contributed by atoms with Crippen LogP contribution in [-0.4, -0.2) is 24.7 Å². The molecule has 0 amide bonds. The maximum Gasteiger partial charge on any atom is 0.128 e. The molecule has 20 heavy (non-hydrogen) atoms. The maximum absolute atomic E-state index is 5.48. The Morgan fingerprint density at radius 3 is 2.45 bits per heavy atom. The highest BCUT2D eigenvalue weighted by atomic mass is 16.5. The Balaban J connectivity index is 2.83. The average molecular weight is 278 g/mol. The minimum Gasteiger partial charge on any atom is -0.496 e. The fourth-order valence-electron chi connectivity index (χ4n) is 2.69. The van der Waals surface area contributed by atoms with E-state index in [1.807, 2.05) is 13.1 Å². The van der Waals surface area contributed by atoms with E-state index < -0.39 is 0 Å². The van der Waals surface area contributed by atoms with E-state index in [0.717, 1.165) is 36.4 Å². The molecule has 114 valence electrons. The van der Waals surface area contributed by atoms with Crippen molar-refractivity contribution in [2.24, 2.45) is 5.41 Å². The van der Waals surface area contributed by atoms with Gasteiger partial charge in [0.2, 0.25) is 0 Å². The van der Waals surface area contributed by atoms with E-state index in [1.54, 1.807) is 7.11 Å². The molecule has 3 heteroatoms. The lowest BCUT2D eigenvalue weighted by Gasteiger charge is -2.31. The van der Waals surface area contributed by atoms with Crippen molar-refractivity contribution < 1.29 is 4.74 Å². The summed E-state index contributed by atoms with van der Waals surface area (Å²) in [7, 11) is 1.73. The summed E-state index contributed by atoms with van der Waals surface area (Å²) in [5.74, 6) is 0.978. The number of hydrogen-bond donors (Lipinski definition) is 1. The molecule has 0 fully saturated rings. The van der Waals surface area contributed by atoms with Gasteiger partial charge in [-0.05, 0) is 38.6 Å². The van der Waals surface area contributed by atoms with Crippen molar-refractivity contribution in [3.05, 3.63) is 23.0 Å². The van der Waals surface area contributed by atoms with E-state index in [2.05, 4.69) is 44.9 Å². The zero-order chi connectivity index (χ0) is 15.3. The predicted octanol–water partition coefficient (Wildman–Crippen LogP) is 3.66. The quantitative estimate of drug-likeness (QED) is 0.862. The highest BCUT2D eigenvalue weighted by Gasteiger charge is 2.24. The van der Waals surface area contributed by atoms with Crippen LogP contribution in [0.4, 0.5) is 0 Å². The number of rotatable bonds is 6. The van der Waals surface area contributed by atoms with Crippen LogP contribution < -0.4 is 10.1 Å². The van der Waals surface area contributed by atoms with Gasteiger partial charge >= 0.3 is 0 Å². The first kappa shape index (κ1) is 17.0. The number of ether oxygens (including phenoxy) is 1. The average Bonchev–Trinajstić information content (AvgIpc) is 2.35. The Morgan fingerprint density at radius 1 is 1.30 bits per heavy atom. The van der Waals surface area contributed by atoms with Gasteiger partial charge < -0.3 is 10.1 Å². The fraction of sp³-hybridized carbons (Fsp3) is 0.706. The van der Waals surface area contributed by atoms with Gasteiger partial charge in [-0.1, -0.05) is 27.7 Å². The van der Waals surface area contributed by atoms with Crippen molar-refractivity contribution in [1.82, 2.24) is 10.3 Å². The number of aromatic nitrogens is 1. The summed E-state index contributed by atoms with van der Waals surface area (Å²) in [6.07, 6.45) is 4.00. The normalized spacial score (nSPS) is 13.3. The number of pyridine rings is 1. The topological polar surface area (TPSA) is 34.2 Å². The summed E-state index contributed by atoms with van der Waals surface area (Å²) >= 11 is 0. The lowest BCUT2D eigenvalue weighted by atomic mass is 9.83. The molecule has 0 bridgehead atoms. The summed E-state index contributed by atoms with van der Waals surface area (Å²) < 4.78 is 5.48. The number of hydrogen-bond acceptors (Lipinski definition) is 3. The second kappa shape index (κ2) is 7.07. The second-order valence-corrected chi connectivity index (χ2v) is 6.56. The van der Waals surface area contributed by atoms with Crippen molar-refractivity contribution >= 4 is 0 Å². The molecule has 1 aromatic heterocycles. The molecule has 0 aliphatic heterocycles. The maximum atomic E-state index is 5.48. The van der Waals surface area contributed by atoms with Crippen molar-refractivity contribution in [2.75, 3.05) is 13.7 Å². The molecule has 0 aliphatic carbocycles. The van der Waals surface area contributed by atoms with Crippen LogP contribution in [-0.2, 0) is 6.42 Å². The third-order valence-corrected chi connectivity index (χ3v) is 3.92. The van der Waals surface area contributed by atoms with Gasteiger partial charge in [-0.2, -0.15) is 0 Å². The molecule has 0 saturated carbocycles. The smallest absolute Gasteiger partial charge is 0.128 e. The molecule has 3 nitrogen and oxygen atoms in total. The second-order valence-electron chi connectivity index (χ2n) is 6.56. The number of aryl methyl sites for hydroxylation is 2. The highest BCUT2D eigenvalue weighted by Crippen LogP contribution is 2.27. The molecule has 1 heterocycles. The number of nitrogens with one attached hydrogen (secondary N) is 1. The third-order valence-electron chi connectivity index (χ3n) is 3.92. The standard InChI is InChI=1S/C17H30N2O/c1-8-18-15(17(4,5)6)10-9-14-13(3)16(20-7)12(2)11-19-14/h11,15,18H,8-10H2,1-7H3. The molecule has 0 aliphatic rings. The molecule has 0 saturated heterocycles. The largest absolute Gasteiger partial charge is 0.496 e. The summed E-state index contributed by atoms with van der Waals surface area (Å²) in [5.41, 5.74) is 3.70. The van der Waals surface area contributed by atoms with Crippen LogP contribution in [0.2, 0.25) is 0 Å². The lowest BCUT2D eigenvalue weighted by Crippen LogP contribution is -2.40. The van der Waals surface area contributed by atoms with E-state index in [4.69, 9.17) is 4.74 Å². The summed E-state index contributed by atoms with van der Waals surface area (Å²) in [5, 5.41) is 3.59. The van der Waals surface area contributed by atoms with Gasteiger partial charge in [-0.3, -0.25) is 4.98 Å². The molecule has 1 aromatic rings. The van der Waals surface area contributed by atoms with Crippen LogP contribution in [0.1, 0.15) is 50.9 Å². The van der Waals surface area contributed by atoms with Crippen LogP contribution in [0.15, 0.2) is 6.20 Å². The van der Waals surface area contributed by atoms with Gasteiger partial charge in [0.15, 0.2) is 0 Å². The minimum atomic E-state index is 0.263. The Bertz CT molecular complexity index is 435. The van der Waals surface area contributed by atoms with Gasteiger partial charge in [0, 0.05) is 29.1 Å². The summed E-state index contributed by atoms with van der Waals surface area (Å²) in [6.45, 7) is 14.2. The zero-order valence-electron chi connectivity index (χ0n) is 14.1. The Morgan fingerprint density at radius 2 is 1.95 bits per heavy atom. The van der Waals surface area contributed by atoms with Crippen molar-refractivity contribution in [3.8, 4) is 5.75 Å². The summed E-state index contributed by atoms with van der Waals surface area (Å²) in [6, 6.07) is 0.501. The first-order valence-corrected chi connectivity index (χ1v) is 7.53. The molecule has 0 aromatic carbocycles. The van der Waals surface area contributed by atoms with Gasteiger partial charge in [-0.15, -0.1) is 0 Å². The number of nitrogens with zero attached hydrogens (tertiary/aromatic N) is 1. The fourth-order valence-corrected chi connectivity index (χ4v) is 2.69. The van der Waals surface area contributed by atoms with Gasteiger partial charge in [0.1, 0.15) is 5.75 Å². The van der Waals surface area contributed by atoms with E-state index in [-0.39, 0.29) is 5.41 Å². The Hall–Kier alpha value is -1.09.